The second-order valence-electron chi connectivity index (χ2n) is 3.97. The van der Waals surface area contributed by atoms with Crippen LogP contribution in [0.4, 0.5) is 0 Å². The van der Waals surface area contributed by atoms with Gasteiger partial charge in [0.05, 0.1) is 0 Å². The molecule has 0 N–H and O–H groups in total. The summed E-state index contributed by atoms with van der Waals surface area (Å²) in [6.45, 7) is 4.35. The van der Waals surface area contributed by atoms with Crippen LogP contribution in [0, 0.1) is 13.8 Å². The van der Waals surface area contributed by atoms with Crippen molar-refractivity contribution in [3.63, 3.8) is 0 Å². The molecule has 15 heavy (non-hydrogen) atoms. The molecule has 0 spiro atoms. The topological polar surface area (TPSA) is 0 Å². The van der Waals surface area contributed by atoms with E-state index in [0.717, 1.165) is 12.3 Å². The monoisotopic (exact) mass is 238 g/mol. The lowest BCUT2D eigenvalue weighted by molar-refractivity contribution is 0.898. The van der Waals surface area contributed by atoms with Crippen molar-refractivity contribution >= 4 is 29.4 Å². The van der Waals surface area contributed by atoms with E-state index in [1.165, 1.54) is 22.3 Å². The molecule has 0 fully saturated rings. The molecule has 0 aromatic heterocycles. The third kappa shape index (κ3) is 2.24. The van der Waals surface area contributed by atoms with Crippen molar-refractivity contribution in [2.45, 2.75) is 25.5 Å². The van der Waals surface area contributed by atoms with Crippen LogP contribution in [0.25, 0.3) is 6.08 Å². The van der Waals surface area contributed by atoms with E-state index in [9.17, 15) is 0 Å². The molecule has 1 aliphatic rings. The van der Waals surface area contributed by atoms with Crippen molar-refractivity contribution in [1.29, 1.82) is 0 Å². The van der Waals surface area contributed by atoms with Gasteiger partial charge in [-0.05, 0) is 54.0 Å². The van der Waals surface area contributed by atoms with Crippen LogP contribution in [-0.2, 0) is 0 Å². The highest BCUT2D eigenvalue weighted by Gasteiger charge is 2.17. The number of fused-ring (bicyclic) bond motifs is 1. The Hall–Kier alpha value is -0.400. The van der Waals surface area contributed by atoms with E-state index in [1.807, 2.05) is 11.8 Å². The zero-order valence-electron chi connectivity index (χ0n) is 9.09. The van der Waals surface area contributed by atoms with Crippen LogP contribution in [-0.4, -0.2) is 5.88 Å². The van der Waals surface area contributed by atoms with E-state index in [4.69, 9.17) is 11.6 Å². The highest BCUT2D eigenvalue weighted by Crippen LogP contribution is 2.40. The van der Waals surface area contributed by atoms with Gasteiger partial charge in [0.2, 0.25) is 0 Å². The summed E-state index contributed by atoms with van der Waals surface area (Å²) in [7, 11) is 0. The van der Waals surface area contributed by atoms with Crippen LogP contribution in [0.2, 0.25) is 0 Å². The SMILES string of the molecule is Cc1cc2c(cc1C)C(CCCl)SC=C2. The van der Waals surface area contributed by atoms with Gasteiger partial charge in [-0.3, -0.25) is 0 Å². The summed E-state index contributed by atoms with van der Waals surface area (Å²) in [4.78, 5) is 0. The Morgan fingerprint density at radius 3 is 2.73 bits per heavy atom. The van der Waals surface area contributed by atoms with E-state index in [0.29, 0.717) is 5.25 Å². The van der Waals surface area contributed by atoms with Crippen molar-refractivity contribution in [3.8, 4) is 0 Å². The molecule has 2 rings (SSSR count). The Morgan fingerprint density at radius 1 is 1.27 bits per heavy atom. The molecule has 1 aromatic carbocycles. The predicted octanol–water partition coefficient (Wildman–Crippen LogP) is 4.69. The van der Waals surface area contributed by atoms with E-state index in [1.54, 1.807) is 0 Å². The molecule has 1 unspecified atom stereocenters. The zero-order valence-corrected chi connectivity index (χ0v) is 10.7. The Balaban J connectivity index is 2.43. The van der Waals surface area contributed by atoms with E-state index in [-0.39, 0.29) is 0 Å². The molecule has 0 radical (unpaired) electrons. The summed E-state index contributed by atoms with van der Waals surface area (Å²) >= 11 is 7.72. The molecule has 0 bridgehead atoms. The van der Waals surface area contributed by atoms with Gasteiger partial charge in [0.1, 0.15) is 0 Å². The average Bonchev–Trinajstić information content (AvgIpc) is 2.21. The molecular weight excluding hydrogens is 224 g/mol. The van der Waals surface area contributed by atoms with Gasteiger partial charge in [0, 0.05) is 11.1 Å². The van der Waals surface area contributed by atoms with Crippen LogP contribution in [0.1, 0.15) is 33.9 Å². The standard InChI is InChI=1S/C13H15ClS/c1-9-7-11-4-6-15-13(3-5-14)12(11)8-10(9)2/h4,6-8,13H,3,5H2,1-2H3. The maximum Gasteiger partial charge on any atom is 0.0355 e. The molecule has 1 heterocycles. The smallest absolute Gasteiger partial charge is 0.0355 e. The van der Waals surface area contributed by atoms with Crippen molar-refractivity contribution in [1.82, 2.24) is 0 Å². The zero-order chi connectivity index (χ0) is 10.8. The molecule has 80 valence electrons. The Kier molecular flexibility index (Phi) is 3.42. The van der Waals surface area contributed by atoms with Crippen LogP contribution >= 0.6 is 23.4 Å². The van der Waals surface area contributed by atoms with E-state index in [2.05, 4.69) is 37.5 Å². The summed E-state index contributed by atoms with van der Waals surface area (Å²) in [5, 5.41) is 2.73. The average molecular weight is 239 g/mol. The summed E-state index contributed by atoms with van der Waals surface area (Å²) in [6, 6.07) is 4.60. The van der Waals surface area contributed by atoms with E-state index < -0.39 is 0 Å². The first-order valence-corrected chi connectivity index (χ1v) is 6.69. The number of aryl methyl sites for hydroxylation is 2. The quantitative estimate of drug-likeness (QED) is 0.674. The fourth-order valence-corrected chi connectivity index (χ4v) is 3.25. The van der Waals surface area contributed by atoms with Gasteiger partial charge in [-0.2, -0.15) is 0 Å². The minimum atomic E-state index is 0.543. The number of alkyl halides is 1. The third-order valence-corrected chi connectivity index (χ3v) is 4.24. The number of hydrogen-bond acceptors (Lipinski definition) is 1. The van der Waals surface area contributed by atoms with Crippen LogP contribution in [0.5, 0.6) is 0 Å². The summed E-state index contributed by atoms with van der Waals surface area (Å²) in [5.74, 6) is 0.734. The predicted molar refractivity (Wildman–Crippen MR) is 70.6 cm³/mol. The summed E-state index contributed by atoms with van der Waals surface area (Å²) in [6.07, 6.45) is 3.25. The van der Waals surface area contributed by atoms with Crippen molar-refractivity contribution in [3.05, 3.63) is 39.8 Å². The third-order valence-electron chi connectivity index (χ3n) is 2.91. The first kappa shape index (κ1) is 11.1. The number of thioether (sulfide) groups is 1. The number of hydrogen-bond donors (Lipinski definition) is 0. The Morgan fingerprint density at radius 2 is 2.00 bits per heavy atom. The summed E-state index contributed by atoms with van der Waals surface area (Å²) < 4.78 is 0. The van der Waals surface area contributed by atoms with Gasteiger partial charge >= 0.3 is 0 Å². The van der Waals surface area contributed by atoms with Crippen LogP contribution in [0.15, 0.2) is 17.5 Å². The molecule has 0 aliphatic carbocycles. The lowest BCUT2D eigenvalue weighted by Crippen LogP contribution is -2.02. The highest BCUT2D eigenvalue weighted by atomic mass is 35.5. The molecule has 0 amide bonds. The summed E-state index contributed by atoms with van der Waals surface area (Å²) in [5.41, 5.74) is 5.57. The van der Waals surface area contributed by atoms with Crippen molar-refractivity contribution in [2.75, 3.05) is 5.88 Å². The largest absolute Gasteiger partial charge is 0.127 e. The molecule has 0 saturated heterocycles. The van der Waals surface area contributed by atoms with Crippen LogP contribution < -0.4 is 0 Å². The number of benzene rings is 1. The Bertz CT molecular complexity index is 396. The van der Waals surface area contributed by atoms with Crippen LogP contribution in [0.3, 0.4) is 0 Å². The van der Waals surface area contributed by atoms with Gasteiger partial charge in [-0.15, -0.1) is 23.4 Å². The first-order valence-electron chi connectivity index (χ1n) is 5.21. The highest BCUT2D eigenvalue weighted by molar-refractivity contribution is 8.02. The molecule has 1 aliphatic heterocycles. The fourth-order valence-electron chi connectivity index (χ4n) is 1.89. The molecule has 1 aromatic rings. The minimum Gasteiger partial charge on any atom is -0.127 e. The van der Waals surface area contributed by atoms with Gasteiger partial charge in [-0.1, -0.05) is 12.1 Å². The molecule has 2 heteroatoms. The second-order valence-corrected chi connectivity index (χ2v) is 5.46. The Labute approximate surface area is 101 Å². The van der Waals surface area contributed by atoms with E-state index >= 15 is 0 Å². The maximum absolute atomic E-state index is 5.83. The first-order chi connectivity index (χ1) is 7.22. The normalized spacial score (nSPS) is 19.0. The molecule has 0 nitrogen and oxygen atoms in total. The van der Waals surface area contributed by atoms with Gasteiger partial charge < -0.3 is 0 Å². The second kappa shape index (κ2) is 4.63. The molecule has 0 saturated carbocycles. The maximum atomic E-state index is 5.83. The number of rotatable bonds is 2. The lowest BCUT2D eigenvalue weighted by atomic mass is 9.96. The molecule has 1 atom stereocenters. The van der Waals surface area contributed by atoms with Crippen molar-refractivity contribution in [2.24, 2.45) is 0 Å². The fraction of sp³-hybridized carbons (Fsp3) is 0.385. The van der Waals surface area contributed by atoms with Crippen molar-refractivity contribution < 1.29 is 0 Å². The van der Waals surface area contributed by atoms with Gasteiger partial charge in [-0.25, -0.2) is 0 Å². The molecular formula is C13H15ClS. The van der Waals surface area contributed by atoms with Gasteiger partial charge in [0.25, 0.3) is 0 Å². The minimum absolute atomic E-state index is 0.543. The van der Waals surface area contributed by atoms with Gasteiger partial charge in [0.15, 0.2) is 0 Å². The number of halogens is 1. The lowest BCUT2D eigenvalue weighted by Gasteiger charge is -2.21.